The van der Waals surface area contributed by atoms with Crippen molar-refractivity contribution in [2.75, 3.05) is 20.6 Å². The third-order valence-corrected chi connectivity index (χ3v) is 2.55. The number of hydrogen-bond acceptors (Lipinski definition) is 2. The van der Waals surface area contributed by atoms with E-state index in [2.05, 4.69) is 32.8 Å². The summed E-state index contributed by atoms with van der Waals surface area (Å²) in [6.45, 7) is 5.52. The fourth-order valence-corrected chi connectivity index (χ4v) is 1.58. The highest BCUT2D eigenvalue weighted by Crippen LogP contribution is 2.09. The van der Waals surface area contributed by atoms with Crippen LogP contribution in [0.3, 0.4) is 0 Å². The summed E-state index contributed by atoms with van der Waals surface area (Å²) in [7, 11) is 4.15. The van der Waals surface area contributed by atoms with Crippen molar-refractivity contribution in [3.8, 4) is 0 Å². The Morgan fingerprint density at radius 3 is 2.20 bits per heavy atom. The molecule has 0 bridgehead atoms. The number of ketones is 1. The van der Waals surface area contributed by atoms with E-state index < -0.39 is 0 Å². The van der Waals surface area contributed by atoms with Gasteiger partial charge in [0.25, 0.3) is 0 Å². The predicted octanol–water partition coefficient (Wildman–Crippen LogP) is 3.11. The Hall–Kier alpha value is -0.370. The summed E-state index contributed by atoms with van der Waals surface area (Å²) >= 11 is 0. The average molecular weight is 213 g/mol. The van der Waals surface area contributed by atoms with E-state index in [1.807, 2.05) is 0 Å². The minimum Gasteiger partial charge on any atom is -0.309 e. The molecular formula is C13H27NO. The summed E-state index contributed by atoms with van der Waals surface area (Å²) < 4.78 is 0. The molecule has 0 fully saturated rings. The Morgan fingerprint density at radius 1 is 1.07 bits per heavy atom. The lowest BCUT2D eigenvalue weighted by molar-refractivity contribution is -0.119. The lowest BCUT2D eigenvalue weighted by atomic mass is 10.0. The highest BCUT2D eigenvalue weighted by atomic mass is 16.1. The van der Waals surface area contributed by atoms with Gasteiger partial charge in [0, 0.05) is 12.8 Å². The van der Waals surface area contributed by atoms with Crippen molar-refractivity contribution < 1.29 is 4.79 Å². The van der Waals surface area contributed by atoms with Crippen LogP contribution in [0, 0.1) is 5.92 Å². The maximum atomic E-state index is 11.5. The molecule has 0 aromatic heterocycles. The van der Waals surface area contributed by atoms with Gasteiger partial charge in [-0.1, -0.05) is 20.3 Å². The number of rotatable bonds is 9. The second-order valence-electron chi connectivity index (χ2n) is 5.09. The van der Waals surface area contributed by atoms with E-state index in [1.165, 1.54) is 6.42 Å². The van der Waals surface area contributed by atoms with E-state index in [1.54, 1.807) is 0 Å². The van der Waals surface area contributed by atoms with Crippen LogP contribution in [-0.4, -0.2) is 31.3 Å². The van der Waals surface area contributed by atoms with Crippen molar-refractivity contribution in [3.05, 3.63) is 0 Å². The van der Waals surface area contributed by atoms with E-state index >= 15 is 0 Å². The smallest absolute Gasteiger partial charge is 0.132 e. The quantitative estimate of drug-likeness (QED) is 0.548. The molecule has 90 valence electrons. The number of Topliss-reactive ketones (excluding diaryl/α,β-unsaturated/α-hetero) is 1. The minimum atomic E-state index is 0.453. The summed E-state index contributed by atoms with van der Waals surface area (Å²) in [6.07, 6.45) is 6.03. The van der Waals surface area contributed by atoms with E-state index in [9.17, 15) is 4.79 Å². The van der Waals surface area contributed by atoms with Gasteiger partial charge in [-0.2, -0.15) is 0 Å². The number of unbranched alkanes of at least 4 members (excludes halogenated alkanes) is 1. The van der Waals surface area contributed by atoms with Crippen molar-refractivity contribution in [2.24, 2.45) is 5.92 Å². The van der Waals surface area contributed by atoms with Crippen molar-refractivity contribution in [1.29, 1.82) is 0 Å². The summed E-state index contributed by atoms with van der Waals surface area (Å²) in [5.74, 6) is 1.18. The van der Waals surface area contributed by atoms with Gasteiger partial charge < -0.3 is 4.90 Å². The fourth-order valence-electron chi connectivity index (χ4n) is 1.58. The second kappa shape index (κ2) is 8.90. The maximum absolute atomic E-state index is 11.5. The molecule has 0 heterocycles. The van der Waals surface area contributed by atoms with Gasteiger partial charge >= 0.3 is 0 Å². The Morgan fingerprint density at radius 2 is 1.67 bits per heavy atom. The second-order valence-corrected chi connectivity index (χ2v) is 5.09. The molecule has 2 heteroatoms. The summed E-state index contributed by atoms with van der Waals surface area (Å²) in [5, 5.41) is 0. The van der Waals surface area contributed by atoms with Crippen LogP contribution in [0.1, 0.15) is 52.4 Å². The first-order valence-electron chi connectivity index (χ1n) is 6.18. The van der Waals surface area contributed by atoms with Gasteiger partial charge in [-0.15, -0.1) is 0 Å². The van der Waals surface area contributed by atoms with Crippen LogP contribution in [0.15, 0.2) is 0 Å². The van der Waals surface area contributed by atoms with E-state index in [-0.39, 0.29) is 0 Å². The Kier molecular flexibility index (Phi) is 8.68. The fraction of sp³-hybridized carbons (Fsp3) is 0.923. The maximum Gasteiger partial charge on any atom is 0.132 e. The Labute approximate surface area is 95.0 Å². The van der Waals surface area contributed by atoms with Crippen LogP contribution >= 0.6 is 0 Å². The Balaban J connectivity index is 3.26. The highest BCUT2D eigenvalue weighted by molar-refractivity contribution is 5.78. The van der Waals surface area contributed by atoms with Crippen LogP contribution in [-0.2, 0) is 4.79 Å². The van der Waals surface area contributed by atoms with E-state index in [4.69, 9.17) is 0 Å². The van der Waals surface area contributed by atoms with Crippen LogP contribution < -0.4 is 0 Å². The molecular weight excluding hydrogens is 186 g/mol. The molecule has 15 heavy (non-hydrogen) atoms. The molecule has 0 amide bonds. The largest absolute Gasteiger partial charge is 0.309 e. The molecule has 0 radical (unpaired) electrons. The molecule has 0 aliphatic rings. The summed E-state index contributed by atoms with van der Waals surface area (Å²) in [5.41, 5.74) is 0. The highest BCUT2D eigenvalue weighted by Gasteiger charge is 2.02. The van der Waals surface area contributed by atoms with Gasteiger partial charge in [-0.25, -0.2) is 0 Å². The first-order valence-corrected chi connectivity index (χ1v) is 6.18. The van der Waals surface area contributed by atoms with Crippen LogP contribution in [0.5, 0.6) is 0 Å². The first-order chi connectivity index (χ1) is 7.02. The molecule has 2 nitrogen and oxygen atoms in total. The van der Waals surface area contributed by atoms with Gasteiger partial charge in [0.15, 0.2) is 0 Å². The zero-order valence-electron chi connectivity index (χ0n) is 10.9. The van der Waals surface area contributed by atoms with Gasteiger partial charge in [0.1, 0.15) is 5.78 Å². The molecule has 0 saturated heterocycles. The monoisotopic (exact) mass is 213 g/mol. The predicted molar refractivity (Wildman–Crippen MR) is 66.1 cm³/mol. The summed E-state index contributed by atoms with van der Waals surface area (Å²) in [6, 6.07) is 0. The van der Waals surface area contributed by atoms with Crippen LogP contribution in [0.4, 0.5) is 0 Å². The normalized spacial score (nSPS) is 11.3. The van der Waals surface area contributed by atoms with Crippen molar-refractivity contribution in [2.45, 2.75) is 52.4 Å². The van der Waals surface area contributed by atoms with E-state index in [0.717, 1.165) is 44.6 Å². The first kappa shape index (κ1) is 14.6. The molecule has 0 spiro atoms. The van der Waals surface area contributed by atoms with Crippen molar-refractivity contribution in [3.63, 3.8) is 0 Å². The van der Waals surface area contributed by atoms with Crippen LogP contribution in [0.25, 0.3) is 0 Å². The molecule has 0 aromatic rings. The SMILES string of the molecule is CC(C)CCCC(=O)CCCCN(C)C. The Bertz CT molecular complexity index is 164. The average Bonchev–Trinajstić information content (AvgIpc) is 2.11. The van der Waals surface area contributed by atoms with Gasteiger partial charge in [0.2, 0.25) is 0 Å². The van der Waals surface area contributed by atoms with Crippen molar-refractivity contribution in [1.82, 2.24) is 4.90 Å². The molecule has 0 N–H and O–H groups in total. The van der Waals surface area contributed by atoms with Crippen molar-refractivity contribution >= 4 is 5.78 Å². The summed E-state index contributed by atoms with van der Waals surface area (Å²) in [4.78, 5) is 13.6. The molecule has 0 saturated carbocycles. The lowest BCUT2D eigenvalue weighted by Crippen LogP contribution is -2.13. The minimum absolute atomic E-state index is 0.453. The molecule has 0 aromatic carbocycles. The van der Waals surface area contributed by atoms with Crippen LogP contribution in [0.2, 0.25) is 0 Å². The van der Waals surface area contributed by atoms with Gasteiger partial charge in [-0.05, 0) is 45.8 Å². The van der Waals surface area contributed by atoms with E-state index in [0.29, 0.717) is 5.78 Å². The molecule has 0 atom stereocenters. The van der Waals surface area contributed by atoms with Gasteiger partial charge in [-0.3, -0.25) is 4.79 Å². The number of nitrogens with zero attached hydrogens (tertiary/aromatic N) is 1. The molecule has 0 aliphatic carbocycles. The number of hydrogen-bond donors (Lipinski definition) is 0. The number of carbonyl (C=O) groups excluding carboxylic acids is 1. The third-order valence-electron chi connectivity index (χ3n) is 2.55. The molecule has 0 rings (SSSR count). The molecule has 0 aliphatic heterocycles. The number of carbonyl (C=O) groups is 1. The molecule has 0 unspecified atom stereocenters. The standard InChI is InChI=1S/C13H27NO/c1-12(2)8-7-10-13(15)9-5-6-11-14(3)4/h12H,5-11H2,1-4H3. The zero-order chi connectivity index (χ0) is 11.7. The van der Waals surface area contributed by atoms with Gasteiger partial charge in [0.05, 0.1) is 0 Å². The zero-order valence-corrected chi connectivity index (χ0v) is 10.9. The third kappa shape index (κ3) is 11.6. The topological polar surface area (TPSA) is 20.3 Å². The lowest BCUT2D eigenvalue weighted by Gasteiger charge is -2.08.